The minimum atomic E-state index is -0.413. The highest BCUT2D eigenvalue weighted by molar-refractivity contribution is 5.73. The molecule has 1 N–H and O–H groups in total. The SMILES string of the molecule is CN1CN(CC(C)(C)C)c2c1n(-c1ccccc1)c(=O)[nH]c2=O. The summed E-state index contributed by atoms with van der Waals surface area (Å²) < 4.78 is 1.57. The molecular formula is C17H22N4O2. The number of anilines is 2. The van der Waals surface area contributed by atoms with E-state index in [1.807, 2.05) is 47.2 Å². The lowest BCUT2D eigenvalue weighted by Crippen LogP contribution is -2.37. The zero-order valence-corrected chi connectivity index (χ0v) is 14.0. The highest BCUT2D eigenvalue weighted by atomic mass is 16.2. The van der Waals surface area contributed by atoms with Crippen LogP contribution in [-0.2, 0) is 0 Å². The number of aromatic amines is 1. The molecule has 1 aliphatic heterocycles. The number of fused-ring (bicyclic) bond motifs is 1. The van der Waals surface area contributed by atoms with E-state index in [2.05, 4.69) is 25.8 Å². The average molecular weight is 314 g/mol. The van der Waals surface area contributed by atoms with Gasteiger partial charge in [0.05, 0.1) is 12.4 Å². The second-order valence-corrected chi connectivity index (χ2v) is 7.20. The number of aromatic nitrogens is 2. The zero-order chi connectivity index (χ0) is 16.8. The summed E-state index contributed by atoms with van der Waals surface area (Å²) in [5, 5.41) is 0. The average Bonchev–Trinajstić information content (AvgIpc) is 2.75. The predicted octanol–water partition coefficient (Wildman–Crippen LogP) is 1.79. The van der Waals surface area contributed by atoms with Gasteiger partial charge >= 0.3 is 5.69 Å². The van der Waals surface area contributed by atoms with E-state index in [4.69, 9.17) is 0 Å². The predicted molar refractivity (Wildman–Crippen MR) is 92.7 cm³/mol. The standard InChI is InChI=1S/C17H22N4O2/c1-17(2,3)10-20-11-19(4)15-13(20)14(22)18-16(23)21(15)12-8-6-5-7-9-12/h5-9H,10-11H2,1-4H3,(H,18,22,23). The van der Waals surface area contributed by atoms with E-state index in [0.717, 1.165) is 12.2 Å². The molecule has 122 valence electrons. The van der Waals surface area contributed by atoms with Crippen LogP contribution in [0.15, 0.2) is 39.9 Å². The Morgan fingerprint density at radius 1 is 1.13 bits per heavy atom. The molecule has 0 saturated heterocycles. The van der Waals surface area contributed by atoms with Crippen molar-refractivity contribution in [3.8, 4) is 5.69 Å². The van der Waals surface area contributed by atoms with Crippen LogP contribution in [0.5, 0.6) is 0 Å². The summed E-state index contributed by atoms with van der Waals surface area (Å²) in [7, 11) is 1.90. The quantitative estimate of drug-likeness (QED) is 0.918. The second kappa shape index (κ2) is 5.30. The molecule has 0 saturated carbocycles. The number of hydrogen-bond acceptors (Lipinski definition) is 4. The van der Waals surface area contributed by atoms with Crippen LogP contribution in [0, 0.1) is 5.41 Å². The van der Waals surface area contributed by atoms with Crippen molar-refractivity contribution in [1.29, 1.82) is 0 Å². The molecular weight excluding hydrogens is 292 g/mol. The lowest BCUT2D eigenvalue weighted by molar-refractivity contribution is 0.413. The van der Waals surface area contributed by atoms with E-state index in [9.17, 15) is 9.59 Å². The molecule has 3 rings (SSSR count). The Kier molecular flexibility index (Phi) is 3.55. The van der Waals surface area contributed by atoms with Gasteiger partial charge in [-0.1, -0.05) is 39.0 Å². The maximum atomic E-state index is 12.4. The maximum Gasteiger partial charge on any atom is 0.334 e. The summed E-state index contributed by atoms with van der Waals surface area (Å²) in [5.41, 5.74) is 0.610. The van der Waals surface area contributed by atoms with Crippen LogP contribution in [0.1, 0.15) is 20.8 Å². The van der Waals surface area contributed by atoms with E-state index < -0.39 is 5.69 Å². The van der Waals surface area contributed by atoms with Gasteiger partial charge in [0.15, 0.2) is 0 Å². The molecule has 2 aromatic rings. The van der Waals surface area contributed by atoms with Crippen molar-refractivity contribution in [2.75, 3.05) is 30.1 Å². The van der Waals surface area contributed by atoms with E-state index in [1.165, 1.54) is 0 Å². The molecule has 6 nitrogen and oxygen atoms in total. The highest BCUT2D eigenvalue weighted by Gasteiger charge is 2.32. The summed E-state index contributed by atoms with van der Waals surface area (Å²) in [4.78, 5) is 31.3. The summed E-state index contributed by atoms with van der Waals surface area (Å²) in [6.07, 6.45) is 0. The first-order chi connectivity index (χ1) is 10.8. The van der Waals surface area contributed by atoms with Gasteiger partial charge in [0.2, 0.25) is 0 Å². The van der Waals surface area contributed by atoms with Crippen molar-refractivity contribution >= 4 is 11.5 Å². The van der Waals surface area contributed by atoms with Crippen LogP contribution >= 0.6 is 0 Å². The van der Waals surface area contributed by atoms with Gasteiger partial charge in [0.1, 0.15) is 11.5 Å². The summed E-state index contributed by atoms with van der Waals surface area (Å²) >= 11 is 0. The molecule has 1 aliphatic rings. The molecule has 0 bridgehead atoms. The number of nitrogens with zero attached hydrogens (tertiary/aromatic N) is 3. The first-order valence-electron chi connectivity index (χ1n) is 7.69. The largest absolute Gasteiger partial charge is 0.346 e. The van der Waals surface area contributed by atoms with E-state index in [1.54, 1.807) is 4.57 Å². The van der Waals surface area contributed by atoms with Crippen LogP contribution in [0.3, 0.4) is 0 Å². The van der Waals surface area contributed by atoms with Gasteiger partial charge in [-0.15, -0.1) is 0 Å². The van der Waals surface area contributed by atoms with Gasteiger partial charge in [-0.25, -0.2) is 9.36 Å². The minimum Gasteiger partial charge on any atom is -0.346 e. The molecule has 0 amide bonds. The lowest BCUT2D eigenvalue weighted by atomic mass is 9.96. The topological polar surface area (TPSA) is 61.3 Å². The van der Waals surface area contributed by atoms with Crippen molar-refractivity contribution in [2.24, 2.45) is 5.41 Å². The first kappa shape index (κ1) is 15.4. The number of H-pyrrole nitrogens is 1. The number of rotatable bonds is 2. The fourth-order valence-electron chi connectivity index (χ4n) is 3.06. The molecule has 0 atom stereocenters. The van der Waals surface area contributed by atoms with Gasteiger partial charge < -0.3 is 9.80 Å². The Labute approximate surface area is 135 Å². The van der Waals surface area contributed by atoms with Crippen LogP contribution in [0.2, 0.25) is 0 Å². The van der Waals surface area contributed by atoms with Crippen molar-refractivity contribution in [3.63, 3.8) is 0 Å². The van der Waals surface area contributed by atoms with Gasteiger partial charge in [0, 0.05) is 13.6 Å². The van der Waals surface area contributed by atoms with Crippen LogP contribution in [0.25, 0.3) is 5.69 Å². The molecule has 23 heavy (non-hydrogen) atoms. The third kappa shape index (κ3) is 2.76. The van der Waals surface area contributed by atoms with Crippen LogP contribution < -0.4 is 21.0 Å². The summed E-state index contributed by atoms with van der Waals surface area (Å²) in [6, 6.07) is 9.37. The first-order valence-corrected chi connectivity index (χ1v) is 7.69. The molecule has 1 aromatic carbocycles. The summed E-state index contributed by atoms with van der Waals surface area (Å²) in [6.45, 7) is 7.72. The molecule has 0 fully saturated rings. The molecule has 0 aliphatic carbocycles. The Hall–Kier alpha value is -2.50. The van der Waals surface area contributed by atoms with Crippen molar-refractivity contribution in [3.05, 3.63) is 51.2 Å². The normalized spacial score (nSPS) is 14.3. The molecule has 1 aromatic heterocycles. The number of para-hydroxylation sites is 1. The van der Waals surface area contributed by atoms with E-state index in [-0.39, 0.29) is 11.0 Å². The van der Waals surface area contributed by atoms with Gasteiger partial charge in [-0.2, -0.15) is 0 Å². The molecule has 0 spiro atoms. The van der Waals surface area contributed by atoms with Gasteiger partial charge in [-0.05, 0) is 17.5 Å². The Bertz CT molecular complexity index is 830. The van der Waals surface area contributed by atoms with Crippen molar-refractivity contribution in [1.82, 2.24) is 9.55 Å². The summed E-state index contributed by atoms with van der Waals surface area (Å²) in [5.74, 6) is 0.647. The number of hydrogen-bond donors (Lipinski definition) is 1. The van der Waals surface area contributed by atoms with Gasteiger partial charge in [0.25, 0.3) is 5.56 Å². The molecule has 6 heteroatoms. The van der Waals surface area contributed by atoms with Gasteiger partial charge in [-0.3, -0.25) is 9.78 Å². The molecule has 0 radical (unpaired) electrons. The minimum absolute atomic E-state index is 0.0442. The highest BCUT2D eigenvalue weighted by Crippen LogP contribution is 2.33. The Morgan fingerprint density at radius 2 is 1.78 bits per heavy atom. The number of nitrogens with one attached hydrogen (secondary N) is 1. The molecule has 2 heterocycles. The van der Waals surface area contributed by atoms with Crippen LogP contribution in [-0.4, -0.2) is 29.8 Å². The van der Waals surface area contributed by atoms with E-state index >= 15 is 0 Å². The maximum absolute atomic E-state index is 12.4. The third-order valence-corrected chi connectivity index (χ3v) is 3.80. The fourth-order valence-corrected chi connectivity index (χ4v) is 3.06. The Morgan fingerprint density at radius 3 is 2.39 bits per heavy atom. The second-order valence-electron chi connectivity index (χ2n) is 7.20. The molecule has 0 unspecified atom stereocenters. The number of benzene rings is 1. The smallest absolute Gasteiger partial charge is 0.334 e. The monoisotopic (exact) mass is 314 g/mol. The fraction of sp³-hybridized carbons (Fsp3) is 0.412. The Balaban J connectivity index is 2.23. The van der Waals surface area contributed by atoms with E-state index in [0.29, 0.717) is 18.2 Å². The van der Waals surface area contributed by atoms with Crippen LogP contribution in [0.4, 0.5) is 11.5 Å². The third-order valence-electron chi connectivity index (χ3n) is 3.80. The lowest BCUT2D eigenvalue weighted by Gasteiger charge is -2.27. The van der Waals surface area contributed by atoms with Crippen molar-refractivity contribution in [2.45, 2.75) is 20.8 Å². The van der Waals surface area contributed by atoms with Crippen molar-refractivity contribution < 1.29 is 0 Å². The zero-order valence-electron chi connectivity index (χ0n) is 14.0.